The van der Waals surface area contributed by atoms with Crippen LogP contribution in [-0.2, 0) is 4.79 Å². The molecule has 1 fully saturated rings. The van der Waals surface area contributed by atoms with Crippen molar-refractivity contribution in [3.05, 3.63) is 52.1 Å². The first-order chi connectivity index (χ1) is 14.0. The minimum atomic E-state index is -0.487. The van der Waals surface area contributed by atoms with E-state index >= 15 is 0 Å². The van der Waals surface area contributed by atoms with Gasteiger partial charge >= 0.3 is 0 Å². The quantitative estimate of drug-likeness (QED) is 0.544. The lowest BCUT2D eigenvalue weighted by atomic mass is 9.86. The predicted molar refractivity (Wildman–Crippen MR) is 109 cm³/mol. The van der Waals surface area contributed by atoms with E-state index in [4.69, 9.17) is 33.2 Å². The molecule has 0 spiro atoms. The van der Waals surface area contributed by atoms with E-state index in [1.165, 1.54) is 6.20 Å². The van der Waals surface area contributed by atoms with Gasteiger partial charge in [-0.25, -0.2) is 4.98 Å². The Morgan fingerprint density at radius 3 is 2.45 bits per heavy atom. The number of pyridine rings is 1. The summed E-state index contributed by atoms with van der Waals surface area (Å²) in [4.78, 5) is 28.2. The van der Waals surface area contributed by atoms with Crippen LogP contribution in [0.2, 0.25) is 10.0 Å². The smallest absolute Gasteiger partial charge is 0.264 e. The van der Waals surface area contributed by atoms with Gasteiger partial charge in [0.2, 0.25) is 11.8 Å². The zero-order valence-corrected chi connectivity index (χ0v) is 16.8. The van der Waals surface area contributed by atoms with Gasteiger partial charge in [0.25, 0.3) is 5.91 Å². The Kier molecular flexibility index (Phi) is 6.91. The molecule has 1 aromatic carbocycles. The summed E-state index contributed by atoms with van der Waals surface area (Å²) in [6, 6.07) is 7.95. The van der Waals surface area contributed by atoms with Gasteiger partial charge in [-0.1, -0.05) is 23.2 Å². The molecule has 1 saturated carbocycles. The lowest BCUT2D eigenvalue weighted by Crippen LogP contribution is -2.31. The molecule has 1 aliphatic rings. The summed E-state index contributed by atoms with van der Waals surface area (Å²) in [7, 11) is 0. The van der Waals surface area contributed by atoms with E-state index < -0.39 is 5.91 Å². The molecule has 3 rings (SSSR count). The number of hydrogen-bond acceptors (Lipinski definition) is 5. The van der Waals surface area contributed by atoms with Crippen molar-refractivity contribution in [2.75, 3.05) is 5.32 Å². The first-order valence-corrected chi connectivity index (χ1v) is 9.80. The van der Waals surface area contributed by atoms with E-state index in [2.05, 4.69) is 10.3 Å². The Bertz CT molecular complexity index is 936. The summed E-state index contributed by atoms with van der Waals surface area (Å²) < 4.78 is 5.85. The zero-order chi connectivity index (χ0) is 20.8. The SMILES string of the molecule is N#CNC(=O)c1ccc(NC(=O)C2CCC(Oc3ncc(Cl)cc3Cl)CC2)cc1. The summed E-state index contributed by atoms with van der Waals surface area (Å²) in [5.41, 5.74) is 0.940. The fourth-order valence-electron chi connectivity index (χ4n) is 3.16. The largest absolute Gasteiger partial charge is 0.473 e. The number of nitrogens with one attached hydrogen (secondary N) is 2. The Labute approximate surface area is 178 Å². The summed E-state index contributed by atoms with van der Waals surface area (Å²) in [5, 5.41) is 14.2. The van der Waals surface area contributed by atoms with Crippen molar-refractivity contribution in [2.45, 2.75) is 31.8 Å². The fraction of sp³-hybridized carbons (Fsp3) is 0.300. The van der Waals surface area contributed by atoms with Crippen LogP contribution in [0.25, 0.3) is 0 Å². The first-order valence-electron chi connectivity index (χ1n) is 9.04. The fourth-order valence-corrected chi connectivity index (χ4v) is 3.59. The highest BCUT2D eigenvalue weighted by molar-refractivity contribution is 6.35. The zero-order valence-electron chi connectivity index (χ0n) is 15.3. The first kappa shape index (κ1) is 20.9. The van der Waals surface area contributed by atoms with Crippen LogP contribution in [0, 0.1) is 17.4 Å². The van der Waals surface area contributed by atoms with Crippen LogP contribution >= 0.6 is 23.2 Å². The molecule has 2 aromatic rings. The van der Waals surface area contributed by atoms with Crippen LogP contribution < -0.4 is 15.4 Å². The normalized spacial score (nSPS) is 18.4. The second kappa shape index (κ2) is 9.59. The monoisotopic (exact) mass is 432 g/mol. The number of carbonyl (C=O) groups is 2. The number of nitriles is 1. The number of benzene rings is 1. The molecule has 9 heteroatoms. The van der Waals surface area contributed by atoms with E-state index in [1.807, 2.05) is 5.32 Å². The van der Waals surface area contributed by atoms with Crippen LogP contribution in [0.15, 0.2) is 36.5 Å². The van der Waals surface area contributed by atoms with Gasteiger partial charge in [-0.15, -0.1) is 0 Å². The van der Waals surface area contributed by atoms with Crippen LogP contribution in [0.1, 0.15) is 36.0 Å². The molecule has 29 heavy (non-hydrogen) atoms. The molecule has 2 N–H and O–H groups in total. The van der Waals surface area contributed by atoms with Crippen molar-refractivity contribution in [1.82, 2.24) is 10.3 Å². The maximum atomic E-state index is 12.5. The average molecular weight is 433 g/mol. The molecule has 2 amide bonds. The van der Waals surface area contributed by atoms with Crippen LogP contribution in [0.3, 0.4) is 0 Å². The van der Waals surface area contributed by atoms with E-state index in [1.54, 1.807) is 36.5 Å². The maximum Gasteiger partial charge on any atom is 0.264 e. The Hall–Kier alpha value is -2.82. The molecule has 0 saturated heterocycles. The highest BCUT2D eigenvalue weighted by atomic mass is 35.5. The third kappa shape index (κ3) is 5.59. The molecule has 1 aromatic heterocycles. The van der Waals surface area contributed by atoms with Gasteiger partial charge in [-0.3, -0.25) is 14.9 Å². The number of ether oxygens (including phenoxy) is 1. The summed E-state index contributed by atoms with van der Waals surface area (Å²) in [6.45, 7) is 0. The highest BCUT2D eigenvalue weighted by Gasteiger charge is 2.28. The molecular formula is C20H18Cl2N4O3. The van der Waals surface area contributed by atoms with Crippen molar-refractivity contribution in [3.63, 3.8) is 0 Å². The Balaban J connectivity index is 1.50. The van der Waals surface area contributed by atoms with Gasteiger partial charge < -0.3 is 10.1 Å². The number of amides is 2. The highest BCUT2D eigenvalue weighted by Crippen LogP contribution is 2.31. The average Bonchev–Trinajstić information content (AvgIpc) is 2.71. The van der Waals surface area contributed by atoms with Crippen LogP contribution in [0.4, 0.5) is 5.69 Å². The van der Waals surface area contributed by atoms with Crippen molar-refractivity contribution in [3.8, 4) is 12.1 Å². The maximum absolute atomic E-state index is 12.5. The standard InChI is InChI=1S/C20H18Cl2N4O3/c21-14-9-17(22)20(24-10-14)29-16-7-3-13(4-8-16)19(28)26-15-5-1-12(2-6-15)18(27)25-11-23/h1-2,5-6,9-10,13,16H,3-4,7-8H2,(H,25,27)(H,26,28). The van der Waals surface area contributed by atoms with Gasteiger partial charge in [0, 0.05) is 23.4 Å². The second-order valence-electron chi connectivity index (χ2n) is 6.66. The number of nitrogens with zero attached hydrogens (tertiary/aromatic N) is 2. The summed E-state index contributed by atoms with van der Waals surface area (Å²) in [6.07, 6.45) is 5.81. The molecule has 0 bridgehead atoms. The predicted octanol–water partition coefficient (Wildman–Crippen LogP) is 4.18. The van der Waals surface area contributed by atoms with Crippen LogP contribution in [0.5, 0.6) is 5.88 Å². The van der Waals surface area contributed by atoms with E-state index in [0.29, 0.717) is 52.9 Å². The summed E-state index contributed by atoms with van der Waals surface area (Å²) in [5.74, 6) is -0.325. The van der Waals surface area contributed by atoms with Crippen molar-refractivity contribution >= 4 is 40.7 Å². The molecule has 0 unspecified atom stereocenters. The van der Waals surface area contributed by atoms with Crippen molar-refractivity contribution in [1.29, 1.82) is 5.26 Å². The number of hydrogen-bond donors (Lipinski definition) is 2. The third-order valence-corrected chi connectivity index (χ3v) is 5.16. The van der Waals surface area contributed by atoms with E-state index in [0.717, 1.165) is 0 Å². The van der Waals surface area contributed by atoms with Crippen molar-refractivity contribution in [2.24, 2.45) is 5.92 Å². The number of halogens is 2. The molecule has 0 radical (unpaired) electrons. The number of rotatable bonds is 5. The molecule has 1 heterocycles. The minimum Gasteiger partial charge on any atom is -0.473 e. The molecular weight excluding hydrogens is 415 g/mol. The number of carbonyl (C=O) groups excluding carboxylic acids is 2. The van der Waals surface area contributed by atoms with Gasteiger partial charge in [0.15, 0.2) is 6.19 Å². The second-order valence-corrected chi connectivity index (χ2v) is 7.51. The lowest BCUT2D eigenvalue weighted by Gasteiger charge is -2.28. The van der Waals surface area contributed by atoms with Gasteiger partial charge in [0.1, 0.15) is 11.1 Å². The molecule has 0 atom stereocenters. The Morgan fingerprint density at radius 1 is 1.14 bits per heavy atom. The molecule has 7 nitrogen and oxygen atoms in total. The minimum absolute atomic E-state index is 0.0526. The lowest BCUT2D eigenvalue weighted by molar-refractivity contribution is -0.121. The number of aromatic nitrogens is 1. The third-order valence-electron chi connectivity index (χ3n) is 4.68. The van der Waals surface area contributed by atoms with Gasteiger partial charge in [-0.2, -0.15) is 5.26 Å². The number of anilines is 1. The topological polar surface area (TPSA) is 104 Å². The van der Waals surface area contributed by atoms with Gasteiger partial charge in [-0.05, 0) is 56.0 Å². The molecule has 0 aliphatic heterocycles. The van der Waals surface area contributed by atoms with Gasteiger partial charge in [0.05, 0.1) is 5.02 Å². The molecule has 1 aliphatic carbocycles. The summed E-state index contributed by atoms with van der Waals surface area (Å²) >= 11 is 11.9. The van der Waals surface area contributed by atoms with Crippen LogP contribution in [-0.4, -0.2) is 22.9 Å². The Morgan fingerprint density at radius 2 is 1.83 bits per heavy atom. The molecule has 150 valence electrons. The van der Waals surface area contributed by atoms with E-state index in [-0.39, 0.29) is 17.9 Å². The van der Waals surface area contributed by atoms with E-state index in [9.17, 15) is 9.59 Å². The van der Waals surface area contributed by atoms with Crippen molar-refractivity contribution < 1.29 is 14.3 Å².